The first-order valence-electron chi connectivity index (χ1n) is 8.12. The van der Waals surface area contributed by atoms with Crippen LogP contribution in [0.1, 0.15) is 29.8 Å². The van der Waals surface area contributed by atoms with Gasteiger partial charge in [-0.05, 0) is 31.2 Å². The smallest absolute Gasteiger partial charge is 0.339 e. The maximum atomic E-state index is 12.6. The molecule has 1 fully saturated rings. The minimum atomic E-state index is -4.43. The molecular formula is C17H23ClF3N3O2. The highest BCUT2D eigenvalue weighted by Gasteiger charge is 2.31. The van der Waals surface area contributed by atoms with Crippen LogP contribution in [0.5, 0.6) is 0 Å². The lowest BCUT2D eigenvalue weighted by molar-refractivity contribution is -0.138. The number of benzene rings is 1. The fourth-order valence-electron chi connectivity index (χ4n) is 2.63. The second kappa shape index (κ2) is 8.73. The van der Waals surface area contributed by atoms with Crippen LogP contribution in [0.4, 0.5) is 13.2 Å². The number of hydrogen-bond donors (Lipinski definition) is 1. The van der Waals surface area contributed by atoms with E-state index in [1.807, 2.05) is 0 Å². The molecule has 9 heteroatoms. The van der Waals surface area contributed by atoms with Crippen LogP contribution in [0.25, 0.3) is 0 Å². The van der Waals surface area contributed by atoms with E-state index in [1.54, 1.807) is 23.6 Å². The monoisotopic (exact) mass is 393 g/mol. The second-order valence-electron chi connectivity index (χ2n) is 6.34. The number of carbonyl (C=O) groups is 2. The van der Waals surface area contributed by atoms with Gasteiger partial charge < -0.3 is 15.5 Å². The number of carbonyl (C=O) groups excluding carboxylic acids is 2. The Morgan fingerprint density at radius 1 is 1.00 bits per heavy atom. The summed E-state index contributed by atoms with van der Waals surface area (Å²) in [6.45, 7) is 5.01. The van der Waals surface area contributed by atoms with E-state index < -0.39 is 11.7 Å². The van der Waals surface area contributed by atoms with Gasteiger partial charge >= 0.3 is 6.18 Å². The Bertz CT molecular complexity index is 627. The summed E-state index contributed by atoms with van der Waals surface area (Å²) in [5.41, 5.74) is 5.16. The zero-order valence-electron chi connectivity index (χ0n) is 14.6. The van der Waals surface area contributed by atoms with Crippen LogP contribution >= 0.6 is 12.4 Å². The molecule has 1 saturated heterocycles. The van der Waals surface area contributed by atoms with Gasteiger partial charge in [-0.15, -0.1) is 12.4 Å². The number of nitrogens with zero attached hydrogens (tertiary/aromatic N) is 2. The average molecular weight is 394 g/mol. The maximum Gasteiger partial charge on any atom is 0.416 e. The molecule has 1 aromatic carbocycles. The van der Waals surface area contributed by atoms with E-state index in [0.29, 0.717) is 26.2 Å². The average Bonchev–Trinajstić information content (AvgIpc) is 2.59. The number of piperazine rings is 1. The summed E-state index contributed by atoms with van der Waals surface area (Å²) in [4.78, 5) is 27.9. The summed E-state index contributed by atoms with van der Waals surface area (Å²) in [6, 6.07) is 3.91. The molecule has 146 valence electrons. The Labute approximate surface area is 156 Å². The highest BCUT2D eigenvalue weighted by Crippen LogP contribution is 2.29. The third-order valence-electron chi connectivity index (χ3n) is 4.52. The quantitative estimate of drug-likeness (QED) is 0.857. The van der Waals surface area contributed by atoms with Gasteiger partial charge in [-0.25, -0.2) is 0 Å². The third-order valence-corrected chi connectivity index (χ3v) is 4.52. The van der Waals surface area contributed by atoms with Crippen LogP contribution in [0.15, 0.2) is 24.3 Å². The molecule has 0 radical (unpaired) electrons. The molecule has 0 saturated carbocycles. The summed E-state index contributed by atoms with van der Waals surface area (Å²) >= 11 is 0. The number of hydrogen-bond acceptors (Lipinski definition) is 3. The lowest BCUT2D eigenvalue weighted by Crippen LogP contribution is -2.53. The van der Waals surface area contributed by atoms with Gasteiger partial charge in [-0.3, -0.25) is 9.59 Å². The molecule has 2 amide bonds. The van der Waals surface area contributed by atoms with Crippen LogP contribution in [0.3, 0.4) is 0 Å². The van der Waals surface area contributed by atoms with Crippen molar-refractivity contribution in [3.05, 3.63) is 35.4 Å². The number of amides is 2. The van der Waals surface area contributed by atoms with Crippen molar-refractivity contribution in [3.63, 3.8) is 0 Å². The minimum Gasteiger partial charge on any atom is -0.339 e. The van der Waals surface area contributed by atoms with E-state index in [0.717, 1.165) is 12.1 Å². The first kappa shape index (κ1) is 22.2. The molecule has 2 N–H and O–H groups in total. The Balaban J connectivity index is 0.00000338. The molecule has 1 aromatic rings. The molecular weight excluding hydrogens is 371 g/mol. The SMILES string of the molecule is CC(N)C(C)C(=O)N1CCN(C(=O)c2ccc(C(F)(F)F)cc2)CC1.Cl. The van der Waals surface area contributed by atoms with E-state index >= 15 is 0 Å². The highest BCUT2D eigenvalue weighted by atomic mass is 35.5. The van der Waals surface area contributed by atoms with Gasteiger partial charge in [-0.1, -0.05) is 6.92 Å². The number of rotatable bonds is 3. The molecule has 5 nitrogen and oxygen atoms in total. The minimum absolute atomic E-state index is 0. The van der Waals surface area contributed by atoms with Crippen LogP contribution in [-0.2, 0) is 11.0 Å². The van der Waals surface area contributed by atoms with Crippen molar-refractivity contribution < 1.29 is 22.8 Å². The lowest BCUT2D eigenvalue weighted by Gasteiger charge is -2.36. The second-order valence-corrected chi connectivity index (χ2v) is 6.34. The van der Waals surface area contributed by atoms with Crippen LogP contribution < -0.4 is 5.73 Å². The zero-order chi connectivity index (χ0) is 18.8. The van der Waals surface area contributed by atoms with E-state index in [-0.39, 0.29) is 41.7 Å². The fourth-order valence-corrected chi connectivity index (χ4v) is 2.63. The lowest BCUT2D eigenvalue weighted by atomic mass is 10.0. The molecule has 0 spiro atoms. The van der Waals surface area contributed by atoms with E-state index in [9.17, 15) is 22.8 Å². The van der Waals surface area contributed by atoms with Crippen molar-refractivity contribution >= 4 is 24.2 Å². The first-order valence-corrected chi connectivity index (χ1v) is 8.12. The Kier molecular flexibility index (Phi) is 7.46. The molecule has 2 rings (SSSR count). The van der Waals surface area contributed by atoms with E-state index in [4.69, 9.17) is 5.73 Å². The Hall–Kier alpha value is -1.80. The van der Waals surface area contributed by atoms with Crippen LogP contribution in [0, 0.1) is 5.92 Å². The highest BCUT2D eigenvalue weighted by molar-refractivity contribution is 5.94. The molecule has 2 unspecified atom stereocenters. The summed E-state index contributed by atoms with van der Waals surface area (Å²) in [5.74, 6) is -0.671. The summed E-state index contributed by atoms with van der Waals surface area (Å²) in [6.07, 6.45) is -4.43. The molecule has 0 aromatic heterocycles. The Morgan fingerprint density at radius 2 is 1.46 bits per heavy atom. The fraction of sp³-hybridized carbons (Fsp3) is 0.529. The van der Waals surface area contributed by atoms with Crippen molar-refractivity contribution in [2.24, 2.45) is 11.7 Å². The van der Waals surface area contributed by atoms with Gasteiger partial charge in [0.1, 0.15) is 0 Å². The van der Waals surface area contributed by atoms with Crippen molar-refractivity contribution in [2.45, 2.75) is 26.1 Å². The molecule has 0 bridgehead atoms. The van der Waals surface area contributed by atoms with Crippen molar-refractivity contribution in [1.29, 1.82) is 0 Å². The third kappa shape index (κ3) is 5.11. The summed E-state index contributed by atoms with van der Waals surface area (Å²) in [7, 11) is 0. The molecule has 1 aliphatic heterocycles. The van der Waals surface area contributed by atoms with Crippen molar-refractivity contribution in [2.75, 3.05) is 26.2 Å². The number of halogens is 4. The standard InChI is InChI=1S/C17H22F3N3O2.ClH/c1-11(12(2)21)15(24)22-7-9-23(10-8-22)16(25)13-3-5-14(6-4-13)17(18,19)20;/h3-6,11-12H,7-10,21H2,1-2H3;1H. The van der Waals surface area contributed by atoms with Gasteiger partial charge in [0.25, 0.3) is 5.91 Å². The van der Waals surface area contributed by atoms with Gasteiger partial charge in [0.2, 0.25) is 5.91 Å². The van der Waals surface area contributed by atoms with Gasteiger partial charge in [0, 0.05) is 37.8 Å². The van der Waals surface area contributed by atoms with Crippen LogP contribution in [-0.4, -0.2) is 53.8 Å². The van der Waals surface area contributed by atoms with Crippen LogP contribution in [0.2, 0.25) is 0 Å². The molecule has 1 aliphatic rings. The largest absolute Gasteiger partial charge is 0.416 e. The number of nitrogens with two attached hydrogens (primary N) is 1. The zero-order valence-corrected chi connectivity index (χ0v) is 15.4. The van der Waals surface area contributed by atoms with Crippen molar-refractivity contribution in [3.8, 4) is 0 Å². The molecule has 1 heterocycles. The van der Waals surface area contributed by atoms with Crippen molar-refractivity contribution in [1.82, 2.24) is 9.80 Å². The summed E-state index contributed by atoms with van der Waals surface area (Å²) in [5, 5.41) is 0. The van der Waals surface area contributed by atoms with E-state index in [1.165, 1.54) is 12.1 Å². The predicted molar refractivity (Wildman–Crippen MR) is 94.0 cm³/mol. The topological polar surface area (TPSA) is 66.6 Å². The maximum absolute atomic E-state index is 12.6. The predicted octanol–water partition coefficient (Wildman–Crippen LogP) is 2.39. The molecule has 0 aliphatic carbocycles. The normalized spacial score (nSPS) is 17.3. The number of alkyl halides is 3. The molecule has 2 atom stereocenters. The molecule has 26 heavy (non-hydrogen) atoms. The van der Waals surface area contributed by atoms with E-state index in [2.05, 4.69) is 0 Å². The van der Waals surface area contributed by atoms with Gasteiger partial charge in [-0.2, -0.15) is 13.2 Å². The Morgan fingerprint density at radius 3 is 1.88 bits per heavy atom. The van der Waals surface area contributed by atoms with Gasteiger partial charge in [0.05, 0.1) is 11.5 Å². The first-order chi connectivity index (χ1) is 11.6. The van der Waals surface area contributed by atoms with Gasteiger partial charge in [0.15, 0.2) is 0 Å². The summed E-state index contributed by atoms with van der Waals surface area (Å²) < 4.78 is 37.7.